The number of carbonyl (C=O) groups is 3. The van der Waals surface area contributed by atoms with Gasteiger partial charge in [0.1, 0.15) is 15.5 Å². The first-order chi connectivity index (χ1) is 12.4. The van der Waals surface area contributed by atoms with Gasteiger partial charge in [-0.2, -0.15) is 0 Å². The summed E-state index contributed by atoms with van der Waals surface area (Å²) in [6, 6.07) is 0. The Hall–Kier alpha value is -2.75. The average molecular weight is 381 g/mol. The van der Waals surface area contributed by atoms with E-state index in [2.05, 4.69) is 15.3 Å². The monoisotopic (exact) mass is 381 g/mol. The van der Waals surface area contributed by atoms with E-state index in [0.29, 0.717) is 17.2 Å². The van der Waals surface area contributed by atoms with E-state index in [1.54, 1.807) is 6.92 Å². The van der Waals surface area contributed by atoms with Crippen LogP contribution in [0.1, 0.15) is 34.4 Å². The van der Waals surface area contributed by atoms with Gasteiger partial charge in [0.05, 0.1) is 18.9 Å². The number of nitrogens with zero attached hydrogens (tertiary/aromatic N) is 1. The molecule has 2 heterocycles. The Balaban J connectivity index is 2.27. The number of H-pyrrole nitrogens is 1. The van der Waals surface area contributed by atoms with Crippen LogP contribution in [-0.2, 0) is 25.5 Å². The number of esters is 2. The van der Waals surface area contributed by atoms with Crippen molar-refractivity contribution in [3.05, 3.63) is 26.6 Å². The molecule has 0 aliphatic rings. The molecule has 140 valence electrons. The third-order valence-corrected chi connectivity index (χ3v) is 4.51. The zero-order valence-electron chi connectivity index (χ0n) is 14.6. The number of aromatic nitrogens is 2. The number of hydrogen-bond donors (Lipinski definition) is 2. The number of hydrogen-bond acceptors (Lipinski definition) is 8. The van der Waals surface area contributed by atoms with E-state index >= 15 is 0 Å². The van der Waals surface area contributed by atoms with Crippen molar-refractivity contribution >= 4 is 39.4 Å². The van der Waals surface area contributed by atoms with Crippen LogP contribution in [0.4, 0.5) is 0 Å². The second-order valence-corrected chi connectivity index (χ2v) is 6.42. The first kappa shape index (κ1) is 19.6. The minimum absolute atomic E-state index is 0.110. The largest absolute Gasteiger partial charge is 0.465 e. The second kappa shape index (κ2) is 8.56. The quantitative estimate of drug-likeness (QED) is 0.676. The van der Waals surface area contributed by atoms with Crippen LogP contribution < -0.4 is 10.9 Å². The molecule has 2 N–H and O–H groups in total. The number of aromatic amines is 1. The summed E-state index contributed by atoms with van der Waals surface area (Å²) >= 11 is 0.970. The number of thiophene rings is 1. The van der Waals surface area contributed by atoms with Crippen LogP contribution in [0.25, 0.3) is 10.2 Å². The van der Waals surface area contributed by atoms with Crippen LogP contribution in [0.15, 0.2) is 4.79 Å². The Labute approximate surface area is 152 Å². The lowest BCUT2D eigenvalue weighted by Gasteiger charge is -2.06. The van der Waals surface area contributed by atoms with Gasteiger partial charge in [-0.25, -0.2) is 9.78 Å². The minimum atomic E-state index is -0.735. The Morgan fingerprint density at radius 3 is 2.69 bits per heavy atom. The lowest BCUT2D eigenvalue weighted by molar-refractivity contribution is -0.147. The smallest absolute Gasteiger partial charge is 0.348 e. The molecular formula is C16H19N3O6S. The van der Waals surface area contributed by atoms with Crippen LogP contribution in [0.3, 0.4) is 0 Å². The standard InChI is InChI=1S/C16H19N3O6S/c1-4-5-17-10(20)7-25-11(21)6-9-12-14(22)18-8(2)19-15(12)26-13(9)16(23)24-3/h4-7H2,1-3H3,(H,17,20)(H,18,19,22). The zero-order chi connectivity index (χ0) is 19.3. The molecular weight excluding hydrogens is 362 g/mol. The van der Waals surface area contributed by atoms with Gasteiger partial charge in [0.2, 0.25) is 0 Å². The summed E-state index contributed by atoms with van der Waals surface area (Å²) in [4.78, 5) is 55.0. The molecule has 0 fully saturated rings. The number of amides is 1. The fourth-order valence-corrected chi connectivity index (χ4v) is 3.41. The van der Waals surface area contributed by atoms with Gasteiger partial charge < -0.3 is 19.8 Å². The molecule has 0 bridgehead atoms. The second-order valence-electron chi connectivity index (χ2n) is 5.42. The van der Waals surface area contributed by atoms with Crippen LogP contribution in [-0.4, -0.2) is 48.1 Å². The maximum Gasteiger partial charge on any atom is 0.348 e. The number of methoxy groups -OCH3 is 1. The van der Waals surface area contributed by atoms with Crippen molar-refractivity contribution in [1.82, 2.24) is 15.3 Å². The predicted molar refractivity (Wildman–Crippen MR) is 94.3 cm³/mol. The number of aryl methyl sites for hydroxylation is 1. The first-order valence-electron chi connectivity index (χ1n) is 7.90. The van der Waals surface area contributed by atoms with Gasteiger partial charge in [-0.1, -0.05) is 6.92 Å². The van der Waals surface area contributed by atoms with Crippen molar-refractivity contribution in [2.45, 2.75) is 26.7 Å². The molecule has 0 saturated heterocycles. The molecule has 0 aromatic carbocycles. The zero-order valence-corrected chi connectivity index (χ0v) is 15.4. The fourth-order valence-electron chi connectivity index (χ4n) is 2.25. The Morgan fingerprint density at radius 1 is 1.31 bits per heavy atom. The highest BCUT2D eigenvalue weighted by Gasteiger charge is 2.24. The van der Waals surface area contributed by atoms with Gasteiger partial charge in [0.25, 0.3) is 11.5 Å². The van der Waals surface area contributed by atoms with Gasteiger partial charge in [-0.05, 0) is 13.3 Å². The highest BCUT2D eigenvalue weighted by Crippen LogP contribution is 2.29. The van der Waals surface area contributed by atoms with Crippen LogP contribution >= 0.6 is 11.3 Å². The molecule has 10 heteroatoms. The van der Waals surface area contributed by atoms with E-state index in [0.717, 1.165) is 17.8 Å². The normalized spacial score (nSPS) is 10.6. The Kier molecular flexibility index (Phi) is 6.45. The third-order valence-electron chi connectivity index (χ3n) is 3.41. The van der Waals surface area contributed by atoms with Crippen molar-refractivity contribution in [1.29, 1.82) is 0 Å². The maximum atomic E-state index is 12.3. The maximum absolute atomic E-state index is 12.3. The van der Waals surface area contributed by atoms with Crippen molar-refractivity contribution in [3.8, 4) is 0 Å². The summed E-state index contributed by atoms with van der Waals surface area (Å²) in [5.74, 6) is -1.43. The molecule has 26 heavy (non-hydrogen) atoms. The topological polar surface area (TPSA) is 127 Å². The van der Waals surface area contributed by atoms with Crippen molar-refractivity contribution in [2.24, 2.45) is 0 Å². The van der Waals surface area contributed by atoms with Crippen LogP contribution in [0.5, 0.6) is 0 Å². The highest BCUT2D eigenvalue weighted by atomic mass is 32.1. The summed E-state index contributed by atoms with van der Waals surface area (Å²) < 4.78 is 9.64. The number of carbonyl (C=O) groups excluding carboxylic acids is 3. The van der Waals surface area contributed by atoms with Crippen molar-refractivity contribution in [2.75, 3.05) is 20.3 Å². The molecule has 2 aromatic heterocycles. The fraction of sp³-hybridized carbons (Fsp3) is 0.438. The molecule has 0 radical (unpaired) electrons. The van der Waals surface area contributed by atoms with E-state index in [1.807, 2.05) is 6.92 Å². The summed E-state index contributed by atoms with van der Waals surface area (Å²) in [5.41, 5.74) is -0.271. The SMILES string of the molecule is CCCNC(=O)COC(=O)Cc1c(C(=O)OC)sc2nc(C)[nH]c(=O)c12. The molecule has 1 amide bonds. The summed E-state index contributed by atoms with van der Waals surface area (Å²) in [6.07, 6.45) is 0.414. The van der Waals surface area contributed by atoms with E-state index in [1.165, 1.54) is 7.11 Å². The molecule has 2 aromatic rings. The van der Waals surface area contributed by atoms with Gasteiger partial charge in [0.15, 0.2) is 6.61 Å². The molecule has 0 aliphatic carbocycles. The van der Waals surface area contributed by atoms with Crippen LogP contribution in [0.2, 0.25) is 0 Å². The van der Waals surface area contributed by atoms with Gasteiger partial charge in [-0.3, -0.25) is 14.4 Å². The van der Waals surface area contributed by atoms with E-state index < -0.39 is 30.0 Å². The van der Waals surface area contributed by atoms with E-state index in [9.17, 15) is 19.2 Å². The molecule has 0 unspecified atom stereocenters. The van der Waals surface area contributed by atoms with Crippen molar-refractivity contribution in [3.63, 3.8) is 0 Å². The molecule has 0 saturated carbocycles. The lowest BCUT2D eigenvalue weighted by Crippen LogP contribution is -2.29. The minimum Gasteiger partial charge on any atom is -0.465 e. The highest BCUT2D eigenvalue weighted by molar-refractivity contribution is 7.20. The third kappa shape index (κ3) is 4.45. The number of rotatable bonds is 7. The molecule has 0 spiro atoms. The molecule has 2 rings (SSSR count). The first-order valence-corrected chi connectivity index (χ1v) is 8.71. The van der Waals surface area contributed by atoms with E-state index in [4.69, 9.17) is 9.47 Å². The summed E-state index contributed by atoms with van der Waals surface area (Å²) in [5, 5.41) is 2.72. The number of fused-ring (bicyclic) bond motifs is 1. The van der Waals surface area contributed by atoms with Crippen LogP contribution in [0, 0.1) is 6.92 Å². The predicted octanol–water partition coefficient (Wildman–Crippen LogP) is 0.692. The summed E-state index contributed by atoms with van der Waals surface area (Å²) in [6.45, 7) is 3.57. The average Bonchev–Trinajstić information content (AvgIpc) is 2.95. The Bertz CT molecular complexity index is 901. The lowest BCUT2D eigenvalue weighted by atomic mass is 10.1. The van der Waals surface area contributed by atoms with Gasteiger partial charge >= 0.3 is 11.9 Å². The van der Waals surface area contributed by atoms with E-state index in [-0.39, 0.29) is 22.2 Å². The number of ether oxygens (including phenoxy) is 2. The molecule has 0 atom stereocenters. The van der Waals surface area contributed by atoms with Gasteiger partial charge in [-0.15, -0.1) is 11.3 Å². The number of nitrogens with one attached hydrogen (secondary N) is 2. The Morgan fingerprint density at radius 2 is 2.04 bits per heavy atom. The van der Waals surface area contributed by atoms with Gasteiger partial charge in [0, 0.05) is 12.1 Å². The molecule has 9 nitrogen and oxygen atoms in total. The van der Waals surface area contributed by atoms with Crippen molar-refractivity contribution < 1.29 is 23.9 Å². The molecule has 0 aliphatic heterocycles. The summed E-state index contributed by atoms with van der Waals surface area (Å²) in [7, 11) is 1.20.